The second-order valence-electron chi connectivity index (χ2n) is 6.74. The molecule has 1 amide bonds. The lowest BCUT2D eigenvalue weighted by atomic mass is 10.2. The fourth-order valence-corrected chi connectivity index (χ4v) is 3.00. The molecule has 8 nitrogen and oxygen atoms in total. The number of halogens is 3. The predicted molar refractivity (Wildman–Crippen MR) is 107 cm³/mol. The summed E-state index contributed by atoms with van der Waals surface area (Å²) in [5.41, 5.74) is -0.822. The average Bonchev–Trinajstić information content (AvgIpc) is 3.28. The van der Waals surface area contributed by atoms with Gasteiger partial charge in [-0.25, -0.2) is 4.68 Å². The predicted octanol–water partition coefficient (Wildman–Crippen LogP) is 3.86. The summed E-state index contributed by atoms with van der Waals surface area (Å²) in [5, 5.41) is 13.9. The molecule has 32 heavy (non-hydrogen) atoms. The zero-order valence-electron chi connectivity index (χ0n) is 16.4. The molecule has 0 spiro atoms. The van der Waals surface area contributed by atoms with Gasteiger partial charge >= 0.3 is 6.18 Å². The van der Waals surface area contributed by atoms with Crippen LogP contribution in [0.4, 0.5) is 18.9 Å². The van der Waals surface area contributed by atoms with Crippen molar-refractivity contribution in [1.29, 1.82) is 0 Å². The standard InChI is InChI=1S/C21H14F3N5O3/c1-12-8-17(30)18(28-29(12)16-7-3-5-14(10-16)21(22,23)24)19(31)26-15-6-2-4-13(9-15)20-27-25-11-32-20/h2-11H,1H3,(H,26,31). The molecule has 4 aromatic rings. The minimum Gasteiger partial charge on any atom is -0.423 e. The van der Waals surface area contributed by atoms with Gasteiger partial charge in [0.2, 0.25) is 17.7 Å². The van der Waals surface area contributed by atoms with Gasteiger partial charge in [-0.3, -0.25) is 9.59 Å². The van der Waals surface area contributed by atoms with Crippen LogP contribution in [0.5, 0.6) is 0 Å². The Kier molecular flexibility index (Phi) is 5.31. The molecule has 4 rings (SSSR count). The van der Waals surface area contributed by atoms with E-state index < -0.39 is 28.8 Å². The van der Waals surface area contributed by atoms with Crippen LogP contribution in [0.1, 0.15) is 21.7 Å². The van der Waals surface area contributed by atoms with Gasteiger partial charge in [0.1, 0.15) is 0 Å². The van der Waals surface area contributed by atoms with Crippen molar-refractivity contribution in [2.75, 3.05) is 5.32 Å². The normalized spacial score (nSPS) is 11.4. The summed E-state index contributed by atoms with van der Waals surface area (Å²) < 4.78 is 45.4. The first-order valence-corrected chi connectivity index (χ1v) is 9.19. The van der Waals surface area contributed by atoms with E-state index in [1.165, 1.54) is 19.1 Å². The molecule has 162 valence electrons. The Morgan fingerprint density at radius 1 is 1.09 bits per heavy atom. The van der Waals surface area contributed by atoms with E-state index in [0.29, 0.717) is 11.3 Å². The van der Waals surface area contributed by atoms with Crippen LogP contribution in [0.3, 0.4) is 0 Å². The molecule has 0 saturated carbocycles. The van der Waals surface area contributed by atoms with Crippen molar-refractivity contribution in [3.63, 3.8) is 0 Å². The van der Waals surface area contributed by atoms with Gasteiger partial charge in [0.25, 0.3) is 5.91 Å². The second-order valence-corrected chi connectivity index (χ2v) is 6.74. The molecule has 0 unspecified atom stereocenters. The number of amides is 1. The lowest BCUT2D eigenvalue weighted by Crippen LogP contribution is -2.27. The molecule has 2 aromatic carbocycles. The number of benzene rings is 2. The van der Waals surface area contributed by atoms with Crippen LogP contribution in [0, 0.1) is 6.92 Å². The van der Waals surface area contributed by atoms with E-state index in [0.717, 1.165) is 29.3 Å². The molecule has 0 aliphatic heterocycles. The largest absolute Gasteiger partial charge is 0.423 e. The third-order valence-electron chi connectivity index (χ3n) is 4.47. The monoisotopic (exact) mass is 441 g/mol. The van der Waals surface area contributed by atoms with E-state index in [-0.39, 0.29) is 17.3 Å². The Hall–Kier alpha value is -4.28. The first-order valence-electron chi connectivity index (χ1n) is 9.19. The number of hydrogen-bond donors (Lipinski definition) is 1. The van der Waals surface area contributed by atoms with Crippen LogP contribution < -0.4 is 10.7 Å². The summed E-state index contributed by atoms with van der Waals surface area (Å²) in [6.07, 6.45) is -3.39. The van der Waals surface area contributed by atoms with Gasteiger partial charge in [0.15, 0.2) is 5.69 Å². The summed E-state index contributed by atoms with van der Waals surface area (Å²) in [6, 6.07) is 12.0. The van der Waals surface area contributed by atoms with Crippen molar-refractivity contribution in [1.82, 2.24) is 20.0 Å². The van der Waals surface area contributed by atoms with Crippen LogP contribution in [0.25, 0.3) is 17.1 Å². The number of nitrogens with zero attached hydrogens (tertiary/aromatic N) is 4. The molecule has 1 N–H and O–H groups in total. The molecule has 11 heteroatoms. The van der Waals surface area contributed by atoms with E-state index in [1.807, 2.05) is 0 Å². The van der Waals surface area contributed by atoms with Crippen molar-refractivity contribution in [3.05, 3.63) is 88.2 Å². The topological polar surface area (TPSA) is 103 Å². The quantitative estimate of drug-likeness (QED) is 0.516. The summed E-state index contributed by atoms with van der Waals surface area (Å²) >= 11 is 0. The highest BCUT2D eigenvalue weighted by molar-refractivity contribution is 6.02. The molecular formula is C21H14F3N5O3. The fraction of sp³-hybridized carbons (Fsp3) is 0.0952. The van der Waals surface area contributed by atoms with E-state index in [9.17, 15) is 22.8 Å². The summed E-state index contributed by atoms with van der Waals surface area (Å²) in [5.74, 6) is -0.583. The smallest absolute Gasteiger partial charge is 0.416 e. The lowest BCUT2D eigenvalue weighted by molar-refractivity contribution is -0.137. The number of carbonyl (C=O) groups excluding carboxylic acids is 1. The Labute approximate surface area is 178 Å². The molecule has 0 atom stereocenters. The molecule has 0 bridgehead atoms. The zero-order chi connectivity index (χ0) is 22.9. The summed E-state index contributed by atoms with van der Waals surface area (Å²) in [6.45, 7) is 1.50. The van der Waals surface area contributed by atoms with Gasteiger partial charge in [-0.2, -0.15) is 18.3 Å². The first kappa shape index (κ1) is 21.0. The Bertz CT molecular complexity index is 1350. The van der Waals surface area contributed by atoms with E-state index in [2.05, 4.69) is 20.6 Å². The van der Waals surface area contributed by atoms with Gasteiger partial charge in [0.05, 0.1) is 11.3 Å². The number of carbonyl (C=O) groups is 1. The number of rotatable bonds is 4. The van der Waals surface area contributed by atoms with Crippen LogP contribution in [0.15, 0.2) is 70.2 Å². The zero-order valence-corrected chi connectivity index (χ0v) is 16.4. The summed E-state index contributed by atoms with van der Waals surface area (Å²) in [4.78, 5) is 25.1. The van der Waals surface area contributed by atoms with E-state index in [1.54, 1.807) is 24.3 Å². The van der Waals surface area contributed by atoms with Crippen molar-refractivity contribution >= 4 is 11.6 Å². The first-order chi connectivity index (χ1) is 15.2. The van der Waals surface area contributed by atoms with Crippen molar-refractivity contribution in [2.45, 2.75) is 13.1 Å². The maximum Gasteiger partial charge on any atom is 0.416 e. The van der Waals surface area contributed by atoms with Gasteiger partial charge in [-0.1, -0.05) is 12.1 Å². The lowest BCUT2D eigenvalue weighted by Gasteiger charge is -2.13. The minimum atomic E-state index is -4.55. The molecule has 0 aliphatic rings. The molecule has 0 fully saturated rings. The number of alkyl halides is 3. The Balaban J connectivity index is 1.67. The highest BCUT2D eigenvalue weighted by Gasteiger charge is 2.30. The molecule has 2 aromatic heterocycles. The maximum atomic E-state index is 13.1. The van der Waals surface area contributed by atoms with Crippen LogP contribution in [-0.2, 0) is 6.18 Å². The second kappa shape index (κ2) is 8.10. The minimum absolute atomic E-state index is 0.0600. The van der Waals surface area contributed by atoms with Crippen LogP contribution in [-0.4, -0.2) is 25.9 Å². The highest BCUT2D eigenvalue weighted by Crippen LogP contribution is 2.30. The average molecular weight is 441 g/mol. The number of aryl methyl sites for hydroxylation is 1. The highest BCUT2D eigenvalue weighted by atomic mass is 19.4. The van der Waals surface area contributed by atoms with Gasteiger partial charge in [0, 0.05) is 23.0 Å². The van der Waals surface area contributed by atoms with Crippen LogP contribution >= 0.6 is 0 Å². The molecular weight excluding hydrogens is 427 g/mol. The molecule has 2 heterocycles. The molecule has 0 radical (unpaired) electrons. The van der Waals surface area contributed by atoms with E-state index in [4.69, 9.17) is 4.42 Å². The molecule has 0 aliphatic carbocycles. The van der Waals surface area contributed by atoms with Crippen molar-refractivity contribution in [3.8, 4) is 17.1 Å². The van der Waals surface area contributed by atoms with Gasteiger partial charge in [-0.15, -0.1) is 10.2 Å². The van der Waals surface area contributed by atoms with Crippen LogP contribution in [0.2, 0.25) is 0 Å². The third-order valence-corrected chi connectivity index (χ3v) is 4.47. The summed E-state index contributed by atoms with van der Waals surface area (Å²) in [7, 11) is 0. The fourth-order valence-electron chi connectivity index (χ4n) is 3.00. The Morgan fingerprint density at radius 3 is 2.59 bits per heavy atom. The number of aromatic nitrogens is 4. The van der Waals surface area contributed by atoms with Crippen molar-refractivity contribution in [2.24, 2.45) is 0 Å². The Morgan fingerprint density at radius 2 is 1.88 bits per heavy atom. The van der Waals surface area contributed by atoms with Gasteiger partial charge in [-0.05, 0) is 43.3 Å². The number of hydrogen-bond acceptors (Lipinski definition) is 6. The maximum absolute atomic E-state index is 13.1. The van der Waals surface area contributed by atoms with E-state index >= 15 is 0 Å². The van der Waals surface area contributed by atoms with Gasteiger partial charge < -0.3 is 9.73 Å². The number of nitrogens with one attached hydrogen (secondary N) is 1. The third kappa shape index (κ3) is 4.26. The number of anilines is 1. The SMILES string of the molecule is Cc1cc(=O)c(C(=O)Nc2cccc(-c3nnco3)c2)nn1-c1cccc(C(F)(F)F)c1. The molecule has 0 saturated heterocycles. The van der Waals surface area contributed by atoms with Crippen molar-refractivity contribution < 1.29 is 22.4 Å².